The number of nitrogens with one attached hydrogen (secondary N) is 2. The Balaban J connectivity index is 1.92. The first kappa shape index (κ1) is 16.7. The molecular weight excluding hydrogens is 302 g/mol. The normalized spacial score (nSPS) is 9.25. The van der Waals surface area contributed by atoms with Crippen LogP contribution in [0.4, 0.5) is 11.4 Å². The number of anilines is 2. The molecule has 0 fully saturated rings. The van der Waals surface area contributed by atoms with E-state index in [-0.39, 0.29) is 11.6 Å². The fourth-order valence-electron chi connectivity index (χ4n) is 1.99. The zero-order valence-corrected chi connectivity index (χ0v) is 12.9. The van der Waals surface area contributed by atoms with Crippen molar-refractivity contribution < 1.29 is 4.79 Å². The summed E-state index contributed by atoms with van der Waals surface area (Å²) in [5.41, 5.74) is 4.63. The Morgan fingerprint density at radius 3 is 2.42 bits per heavy atom. The number of aryl methyl sites for hydroxylation is 1. The zero-order chi connectivity index (χ0) is 17.2. The highest BCUT2D eigenvalue weighted by molar-refractivity contribution is 6.10. The lowest BCUT2D eigenvalue weighted by Gasteiger charge is -2.07. The first-order valence-corrected chi connectivity index (χ1v) is 7.29. The fourth-order valence-corrected chi connectivity index (χ4v) is 1.99. The summed E-state index contributed by atoms with van der Waals surface area (Å²) in [7, 11) is 0. The summed E-state index contributed by atoms with van der Waals surface area (Å²) < 4.78 is 0. The van der Waals surface area contributed by atoms with E-state index in [9.17, 15) is 4.79 Å². The van der Waals surface area contributed by atoms with E-state index in [1.165, 1.54) is 0 Å². The average Bonchev–Trinajstić information content (AvgIpc) is 2.62. The summed E-state index contributed by atoms with van der Waals surface area (Å²) in [6.07, 6.45) is 1.05. The lowest BCUT2D eigenvalue weighted by molar-refractivity contribution is -0.116. The van der Waals surface area contributed by atoms with Gasteiger partial charge in [-0.25, -0.2) is 0 Å². The minimum absolute atomic E-state index is 0.0887. The van der Waals surface area contributed by atoms with Crippen molar-refractivity contribution in [2.45, 2.75) is 12.8 Å². The Morgan fingerprint density at radius 1 is 1.00 bits per heavy atom. The number of amides is 1. The van der Waals surface area contributed by atoms with Crippen LogP contribution in [0.1, 0.15) is 12.0 Å². The predicted octanol–water partition coefficient (Wildman–Crippen LogP) is 3.07. The van der Waals surface area contributed by atoms with Crippen LogP contribution in [-0.4, -0.2) is 11.6 Å². The predicted molar refractivity (Wildman–Crippen MR) is 92.1 cm³/mol. The summed E-state index contributed by atoms with van der Waals surface area (Å²) in [4.78, 5) is 12.0. The van der Waals surface area contributed by atoms with Crippen molar-refractivity contribution in [3.05, 3.63) is 60.2 Å². The second-order valence-electron chi connectivity index (χ2n) is 4.91. The van der Waals surface area contributed by atoms with Gasteiger partial charge in [0.15, 0.2) is 0 Å². The van der Waals surface area contributed by atoms with Crippen LogP contribution in [0.15, 0.2) is 59.7 Å². The Bertz CT molecular complexity index is 799. The van der Waals surface area contributed by atoms with Gasteiger partial charge in [-0.3, -0.25) is 10.2 Å². The van der Waals surface area contributed by atoms with Gasteiger partial charge >= 0.3 is 0 Å². The third-order valence-electron chi connectivity index (χ3n) is 3.14. The molecule has 2 aromatic carbocycles. The molecule has 0 aromatic heterocycles. The van der Waals surface area contributed by atoms with E-state index in [4.69, 9.17) is 10.5 Å². The van der Waals surface area contributed by atoms with Gasteiger partial charge in [-0.05, 0) is 30.2 Å². The quantitative estimate of drug-likeness (QED) is 0.631. The van der Waals surface area contributed by atoms with Crippen molar-refractivity contribution in [2.75, 3.05) is 10.7 Å². The molecule has 0 bridgehead atoms. The molecular formula is C18H15N5O. The van der Waals surface area contributed by atoms with Gasteiger partial charge in [0.2, 0.25) is 11.6 Å². The molecule has 0 spiro atoms. The van der Waals surface area contributed by atoms with E-state index < -0.39 is 0 Å². The van der Waals surface area contributed by atoms with E-state index in [1.54, 1.807) is 36.4 Å². The number of carbonyl (C=O) groups is 1. The number of carbonyl (C=O) groups excluding carboxylic acids is 1. The second-order valence-corrected chi connectivity index (χ2v) is 4.91. The summed E-state index contributed by atoms with van der Waals surface area (Å²) >= 11 is 0. The second kappa shape index (κ2) is 8.72. The van der Waals surface area contributed by atoms with E-state index in [2.05, 4.69) is 15.8 Å². The molecule has 0 heterocycles. The SMILES string of the molecule is N#CC(C#N)=NNc1cccc(NC(=O)CCc2ccccc2)c1. The Hall–Kier alpha value is -3.64. The monoisotopic (exact) mass is 317 g/mol. The van der Waals surface area contributed by atoms with Crippen molar-refractivity contribution in [1.82, 2.24) is 0 Å². The molecule has 0 saturated heterocycles. The van der Waals surface area contributed by atoms with Crippen LogP contribution in [0.25, 0.3) is 0 Å². The van der Waals surface area contributed by atoms with Crippen molar-refractivity contribution >= 4 is 23.0 Å². The lowest BCUT2D eigenvalue weighted by Crippen LogP contribution is -2.12. The van der Waals surface area contributed by atoms with Gasteiger partial charge in [0, 0.05) is 12.1 Å². The Morgan fingerprint density at radius 2 is 1.71 bits per heavy atom. The molecule has 118 valence electrons. The van der Waals surface area contributed by atoms with Crippen LogP contribution >= 0.6 is 0 Å². The number of hydrogen-bond acceptors (Lipinski definition) is 5. The topological polar surface area (TPSA) is 101 Å². The molecule has 24 heavy (non-hydrogen) atoms. The molecule has 0 unspecified atom stereocenters. The maximum atomic E-state index is 12.0. The van der Waals surface area contributed by atoms with E-state index in [0.717, 1.165) is 5.56 Å². The largest absolute Gasteiger partial charge is 0.326 e. The van der Waals surface area contributed by atoms with Gasteiger partial charge < -0.3 is 5.32 Å². The first-order chi connectivity index (χ1) is 11.7. The van der Waals surface area contributed by atoms with Crippen LogP contribution in [0.5, 0.6) is 0 Å². The van der Waals surface area contributed by atoms with Crippen molar-refractivity contribution in [2.24, 2.45) is 5.10 Å². The average molecular weight is 317 g/mol. The van der Waals surface area contributed by atoms with Crippen LogP contribution in [0, 0.1) is 22.7 Å². The summed E-state index contributed by atoms with van der Waals surface area (Å²) in [5, 5.41) is 23.7. The standard InChI is InChI=1S/C18H15N5O/c19-12-17(13-20)23-22-16-8-4-7-15(11-16)21-18(24)10-9-14-5-2-1-3-6-14/h1-8,11,22H,9-10H2,(H,21,24). The van der Waals surface area contributed by atoms with Gasteiger partial charge in [0.25, 0.3) is 0 Å². The van der Waals surface area contributed by atoms with Crippen LogP contribution in [-0.2, 0) is 11.2 Å². The first-order valence-electron chi connectivity index (χ1n) is 7.29. The number of nitrogens with zero attached hydrogens (tertiary/aromatic N) is 3. The number of nitriles is 2. The highest BCUT2D eigenvalue weighted by Gasteiger charge is 2.04. The molecule has 0 atom stereocenters. The molecule has 2 N–H and O–H groups in total. The molecule has 6 nitrogen and oxygen atoms in total. The Kier molecular flexibility index (Phi) is 6.08. The number of benzene rings is 2. The molecule has 2 aromatic rings. The number of hydrogen-bond donors (Lipinski definition) is 2. The van der Waals surface area contributed by atoms with Gasteiger partial charge in [-0.2, -0.15) is 15.6 Å². The third-order valence-corrected chi connectivity index (χ3v) is 3.14. The molecule has 0 aliphatic heterocycles. The minimum atomic E-state index is -0.271. The highest BCUT2D eigenvalue weighted by Crippen LogP contribution is 2.15. The zero-order valence-electron chi connectivity index (χ0n) is 12.9. The maximum Gasteiger partial charge on any atom is 0.237 e. The summed E-state index contributed by atoms with van der Waals surface area (Å²) in [6, 6.07) is 20.0. The molecule has 0 saturated carbocycles. The number of hydrazone groups is 1. The molecule has 6 heteroatoms. The van der Waals surface area contributed by atoms with E-state index in [1.807, 2.05) is 30.3 Å². The van der Waals surface area contributed by atoms with Crippen LogP contribution < -0.4 is 10.7 Å². The Labute approximate surface area is 140 Å². The minimum Gasteiger partial charge on any atom is -0.326 e. The van der Waals surface area contributed by atoms with Crippen LogP contribution in [0.2, 0.25) is 0 Å². The van der Waals surface area contributed by atoms with Crippen molar-refractivity contribution in [3.8, 4) is 12.1 Å². The van der Waals surface area contributed by atoms with E-state index >= 15 is 0 Å². The number of rotatable bonds is 6. The summed E-state index contributed by atoms with van der Waals surface area (Å²) in [5.74, 6) is -0.0887. The summed E-state index contributed by atoms with van der Waals surface area (Å²) in [6.45, 7) is 0. The molecule has 0 radical (unpaired) electrons. The third kappa shape index (κ3) is 5.28. The van der Waals surface area contributed by atoms with Crippen LogP contribution in [0.3, 0.4) is 0 Å². The smallest absolute Gasteiger partial charge is 0.237 e. The lowest BCUT2D eigenvalue weighted by atomic mass is 10.1. The van der Waals surface area contributed by atoms with Gasteiger partial charge in [0.1, 0.15) is 12.1 Å². The molecule has 0 aliphatic carbocycles. The highest BCUT2D eigenvalue weighted by atomic mass is 16.1. The van der Waals surface area contributed by atoms with Gasteiger partial charge in [-0.1, -0.05) is 36.4 Å². The molecule has 0 aliphatic rings. The fraction of sp³-hybridized carbons (Fsp3) is 0.111. The molecule has 1 amide bonds. The van der Waals surface area contributed by atoms with Crippen molar-refractivity contribution in [1.29, 1.82) is 10.5 Å². The van der Waals surface area contributed by atoms with Gasteiger partial charge in [-0.15, -0.1) is 0 Å². The van der Waals surface area contributed by atoms with Gasteiger partial charge in [0.05, 0.1) is 5.69 Å². The maximum absolute atomic E-state index is 12.0. The molecule has 2 rings (SSSR count). The van der Waals surface area contributed by atoms with Crippen molar-refractivity contribution in [3.63, 3.8) is 0 Å². The van der Waals surface area contributed by atoms with E-state index in [0.29, 0.717) is 24.2 Å².